The molecule has 1 fully saturated rings. The van der Waals surface area contributed by atoms with E-state index in [9.17, 15) is 0 Å². The smallest absolute Gasteiger partial charge is 0.193 e. The third-order valence-electron chi connectivity index (χ3n) is 4.75. The molecule has 0 aliphatic carbocycles. The number of unbranched alkanes of at least 4 members (excludes halogenated alkanes) is 1. The number of aromatic nitrogens is 2. The van der Waals surface area contributed by atoms with Gasteiger partial charge in [-0.25, -0.2) is 0 Å². The predicted molar refractivity (Wildman–Crippen MR) is 116 cm³/mol. The first-order chi connectivity index (χ1) is 11.6. The summed E-state index contributed by atoms with van der Waals surface area (Å²) in [6, 6.07) is 0. The molecular weight excluding hydrogens is 427 g/mol. The van der Waals surface area contributed by atoms with Gasteiger partial charge in [-0.3, -0.25) is 9.67 Å². The molecule has 0 bridgehead atoms. The van der Waals surface area contributed by atoms with Gasteiger partial charge in [-0.1, -0.05) is 13.3 Å². The maximum absolute atomic E-state index is 4.47. The van der Waals surface area contributed by atoms with Gasteiger partial charge < -0.3 is 15.1 Å². The first-order valence-corrected chi connectivity index (χ1v) is 9.24. The number of rotatable bonds is 8. The standard InChI is InChI=1S/C18H34N6.HI/c1-5-6-9-22(3)11-8-20-18(19-2)24-10-7-16(15-24)12-17-13-21-23(4)14-17;/h13-14,16H,5-12,15H2,1-4H3,(H,19,20);1H. The fourth-order valence-corrected chi connectivity index (χ4v) is 3.33. The molecule has 1 aromatic heterocycles. The van der Waals surface area contributed by atoms with Crippen LogP contribution in [0.2, 0.25) is 0 Å². The summed E-state index contributed by atoms with van der Waals surface area (Å²) in [7, 11) is 6.06. The van der Waals surface area contributed by atoms with Crippen molar-refractivity contribution in [3.63, 3.8) is 0 Å². The first-order valence-electron chi connectivity index (χ1n) is 9.24. The van der Waals surface area contributed by atoms with E-state index in [-0.39, 0.29) is 24.0 Å². The minimum absolute atomic E-state index is 0. The van der Waals surface area contributed by atoms with E-state index in [1.807, 2.05) is 25.0 Å². The third kappa shape index (κ3) is 7.52. The highest BCUT2D eigenvalue weighted by molar-refractivity contribution is 14.0. The Morgan fingerprint density at radius 1 is 1.44 bits per heavy atom. The molecule has 144 valence electrons. The Morgan fingerprint density at radius 2 is 2.24 bits per heavy atom. The lowest BCUT2D eigenvalue weighted by Crippen LogP contribution is -2.43. The number of guanidine groups is 1. The summed E-state index contributed by atoms with van der Waals surface area (Å²) in [5.74, 6) is 1.74. The van der Waals surface area contributed by atoms with E-state index in [2.05, 4.69) is 45.4 Å². The lowest BCUT2D eigenvalue weighted by molar-refractivity contribution is 0.329. The molecule has 1 atom stereocenters. The summed E-state index contributed by atoms with van der Waals surface area (Å²) in [6.45, 7) is 7.61. The summed E-state index contributed by atoms with van der Waals surface area (Å²) in [5.41, 5.74) is 1.34. The summed E-state index contributed by atoms with van der Waals surface area (Å²) >= 11 is 0. The summed E-state index contributed by atoms with van der Waals surface area (Å²) in [5, 5.41) is 7.79. The first kappa shape index (κ1) is 22.2. The second-order valence-electron chi connectivity index (χ2n) is 6.96. The van der Waals surface area contributed by atoms with Crippen molar-refractivity contribution in [1.29, 1.82) is 0 Å². The summed E-state index contributed by atoms with van der Waals surface area (Å²) in [6.07, 6.45) is 8.98. The van der Waals surface area contributed by atoms with E-state index in [1.54, 1.807) is 0 Å². The zero-order valence-electron chi connectivity index (χ0n) is 16.2. The van der Waals surface area contributed by atoms with Crippen LogP contribution in [0.3, 0.4) is 0 Å². The number of likely N-dealkylation sites (tertiary alicyclic amines) is 1. The fourth-order valence-electron chi connectivity index (χ4n) is 3.33. The van der Waals surface area contributed by atoms with E-state index in [4.69, 9.17) is 0 Å². The number of likely N-dealkylation sites (N-methyl/N-ethyl adjacent to an activating group) is 1. The number of aliphatic imine (C=N–C) groups is 1. The molecule has 2 heterocycles. The predicted octanol–water partition coefficient (Wildman–Crippen LogP) is 2.21. The zero-order chi connectivity index (χ0) is 17.4. The number of nitrogens with zero attached hydrogens (tertiary/aromatic N) is 5. The maximum Gasteiger partial charge on any atom is 0.193 e. The van der Waals surface area contributed by atoms with Crippen LogP contribution >= 0.6 is 24.0 Å². The second kappa shape index (κ2) is 11.7. The van der Waals surface area contributed by atoms with Gasteiger partial charge in [-0.15, -0.1) is 24.0 Å². The molecule has 1 unspecified atom stereocenters. The van der Waals surface area contributed by atoms with Crippen LogP contribution in [0, 0.1) is 5.92 Å². The molecule has 1 aromatic rings. The van der Waals surface area contributed by atoms with Gasteiger partial charge in [0.25, 0.3) is 0 Å². The Labute approximate surface area is 170 Å². The lowest BCUT2D eigenvalue weighted by atomic mass is 10.0. The Hall–Kier alpha value is -0.830. The van der Waals surface area contributed by atoms with Crippen molar-refractivity contribution >= 4 is 29.9 Å². The van der Waals surface area contributed by atoms with Crippen LogP contribution in [0.15, 0.2) is 17.4 Å². The van der Waals surface area contributed by atoms with Crippen molar-refractivity contribution in [2.45, 2.75) is 32.6 Å². The van der Waals surface area contributed by atoms with Gasteiger partial charge in [0.15, 0.2) is 5.96 Å². The van der Waals surface area contributed by atoms with Gasteiger partial charge in [0, 0.05) is 46.5 Å². The van der Waals surface area contributed by atoms with Gasteiger partial charge in [-0.2, -0.15) is 5.10 Å². The highest BCUT2D eigenvalue weighted by atomic mass is 127. The monoisotopic (exact) mass is 462 g/mol. The molecule has 1 saturated heterocycles. The second-order valence-corrected chi connectivity index (χ2v) is 6.96. The molecule has 25 heavy (non-hydrogen) atoms. The Balaban J connectivity index is 0.00000312. The van der Waals surface area contributed by atoms with Crippen molar-refractivity contribution in [3.05, 3.63) is 18.0 Å². The minimum Gasteiger partial charge on any atom is -0.355 e. The van der Waals surface area contributed by atoms with E-state index in [1.165, 1.54) is 31.4 Å². The number of hydrogen-bond acceptors (Lipinski definition) is 3. The molecule has 1 aliphatic heterocycles. The van der Waals surface area contributed by atoms with Crippen molar-refractivity contribution < 1.29 is 0 Å². The van der Waals surface area contributed by atoms with Crippen molar-refractivity contribution in [2.75, 3.05) is 46.8 Å². The Bertz CT molecular complexity index is 515. The molecule has 7 heteroatoms. The van der Waals surface area contributed by atoms with Crippen LogP contribution in [0.4, 0.5) is 0 Å². The van der Waals surface area contributed by atoms with Gasteiger partial charge in [0.05, 0.1) is 6.20 Å². The van der Waals surface area contributed by atoms with Crippen LogP contribution in [-0.4, -0.2) is 72.4 Å². The Morgan fingerprint density at radius 3 is 2.88 bits per heavy atom. The van der Waals surface area contributed by atoms with Gasteiger partial charge in [-0.05, 0) is 44.3 Å². The van der Waals surface area contributed by atoms with Crippen molar-refractivity contribution in [1.82, 2.24) is 24.9 Å². The molecule has 0 aromatic carbocycles. The van der Waals surface area contributed by atoms with Crippen molar-refractivity contribution in [2.24, 2.45) is 18.0 Å². The van der Waals surface area contributed by atoms with E-state index in [0.29, 0.717) is 5.92 Å². The fraction of sp³-hybridized carbons (Fsp3) is 0.778. The van der Waals surface area contributed by atoms with E-state index >= 15 is 0 Å². The topological polar surface area (TPSA) is 48.7 Å². The largest absolute Gasteiger partial charge is 0.355 e. The van der Waals surface area contributed by atoms with Crippen LogP contribution in [0.1, 0.15) is 31.7 Å². The summed E-state index contributed by atoms with van der Waals surface area (Å²) < 4.78 is 1.89. The van der Waals surface area contributed by atoms with Gasteiger partial charge in [0.2, 0.25) is 0 Å². The number of aryl methyl sites for hydroxylation is 1. The van der Waals surface area contributed by atoms with Gasteiger partial charge >= 0.3 is 0 Å². The molecule has 6 nitrogen and oxygen atoms in total. The minimum atomic E-state index is 0. The number of halogens is 1. The molecule has 0 radical (unpaired) electrons. The molecule has 1 aliphatic rings. The van der Waals surface area contributed by atoms with Crippen LogP contribution in [-0.2, 0) is 13.5 Å². The normalized spacial score (nSPS) is 17.9. The highest BCUT2D eigenvalue weighted by Gasteiger charge is 2.25. The average molecular weight is 462 g/mol. The molecule has 0 spiro atoms. The van der Waals surface area contributed by atoms with Crippen LogP contribution in [0.5, 0.6) is 0 Å². The van der Waals surface area contributed by atoms with E-state index < -0.39 is 0 Å². The van der Waals surface area contributed by atoms with Gasteiger partial charge in [0.1, 0.15) is 0 Å². The highest BCUT2D eigenvalue weighted by Crippen LogP contribution is 2.20. The third-order valence-corrected chi connectivity index (χ3v) is 4.75. The molecule has 1 N–H and O–H groups in total. The Kier molecular flexibility index (Phi) is 10.4. The van der Waals surface area contributed by atoms with Crippen molar-refractivity contribution in [3.8, 4) is 0 Å². The molecule has 0 saturated carbocycles. The van der Waals surface area contributed by atoms with Crippen LogP contribution in [0.25, 0.3) is 0 Å². The molecule has 2 rings (SSSR count). The molecule has 0 amide bonds. The maximum atomic E-state index is 4.47. The zero-order valence-corrected chi connectivity index (χ0v) is 18.6. The average Bonchev–Trinajstić information content (AvgIpc) is 3.19. The van der Waals surface area contributed by atoms with Crippen LogP contribution < -0.4 is 5.32 Å². The number of nitrogens with one attached hydrogen (secondary N) is 1. The molecular formula is C18H35IN6. The quantitative estimate of drug-likeness (QED) is 0.366. The van der Waals surface area contributed by atoms with E-state index in [0.717, 1.165) is 38.6 Å². The SMILES string of the molecule is CCCCN(C)CCNC(=NC)N1CCC(Cc2cnn(C)c2)C1.I. The summed E-state index contributed by atoms with van der Waals surface area (Å²) in [4.78, 5) is 9.25. The lowest BCUT2D eigenvalue weighted by Gasteiger charge is -2.23. The number of hydrogen-bond donors (Lipinski definition) is 1.